The van der Waals surface area contributed by atoms with Gasteiger partial charge in [0.05, 0.1) is 5.75 Å². The predicted octanol–water partition coefficient (Wildman–Crippen LogP) is 1.69. The first-order chi connectivity index (χ1) is 12.5. The molecule has 26 heavy (non-hydrogen) atoms. The molecule has 2 heterocycles. The molecule has 0 bridgehead atoms. The van der Waals surface area contributed by atoms with Gasteiger partial charge < -0.3 is 15.2 Å². The van der Waals surface area contributed by atoms with E-state index in [0.717, 1.165) is 18.5 Å². The first-order valence-corrected chi connectivity index (χ1v) is 9.65. The summed E-state index contributed by atoms with van der Waals surface area (Å²) >= 11 is 1.36. The summed E-state index contributed by atoms with van der Waals surface area (Å²) < 4.78 is 1.81. The van der Waals surface area contributed by atoms with Crippen LogP contribution in [0.4, 0.5) is 5.69 Å². The van der Waals surface area contributed by atoms with Gasteiger partial charge in [-0.05, 0) is 31.4 Å². The molecule has 0 radical (unpaired) electrons. The molecule has 1 aromatic carbocycles. The van der Waals surface area contributed by atoms with E-state index in [0.29, 0.717) is 23.2 Å². The molecule has 0 unspecified atom stereocenters. The summed E-state index contributed by atoms with van der Waals surface area (Å²) in [5.41, 5.74) is 7.41. The van der Waals surface area contributed by atoms with E-state index in [2.05, 4.69) is 23.2 Å². The minimum absolute atomic E-state index is 0.0661. The maximum absolute atomic E-state index is 12.9. The molecule has 1 aromatic heterocycles. The number of para-hydroxylation sites is 1. The Hall–Kier alpha value is -2.35. The molecule has 3 rings (SSSR count). The number of nitrogens with zero attached hydrogens (tertiary/aromatic N) is 4. The van der Waals surface area contributed by atoms with Crippen LogP contribution in [-0.2, 0) is 29.5 Å². The van der Waals surface area contributed by atoms with E-state index in [1.54, 1.807) is 0 Å². The molecule has 8 heteroatoms. The fourth-order valence-corrected chi connectivity index (χ4v) is 3.98. The number of thioether (sulfide) groups is 1. The van der Waals surface area contributed by atoms with Crippen LogP contribution in [0.2, 0.25) is 0 Å². The number of carbonyl (C=O) groups excluding carboxylic acids is 2. The number of aromatic nitrogens is 3. The van der Waals surface area contributed by atoms with Gasteiger partial charge in [0.25, 0.3) is 0 Å². The molecule has 0 fully saturated rings. The maximum atomic E-state index is 12.9. The van der Waals surface area contributed by atoms with Crippen molar-refractivity contribution in [2.45, 2.75) is 43.8 Å². The molecule has 2 aromatic rings. The first-order valence-electron chi connectivity index (χ1n) is 8.66. The highest BCUT2D eigenvalue weighted by Gasteiger charge is 2.28. The minimum Gasteiger partial charge on any atom is -0.370 e. The summed E-state index contributed by atoms with van der Waals surface area (Å²) in [5.74, 6) is 0.683. The summed E-state index contributed by atoms with van der Waals surface area (Å²) in [5, 5.41) is 8.88. The number of amides is 2. The van der Waals surface area contributed by atoms with Crippen LogP contribution in [0, 0.1) is 0 Å². The molecule has 0 saturated carbocycles. The van der Waals surface area contributed by atoms with Gasteiger partial charge in [0.1, 0.15) is 5.82 Å². The second-order valence-electron chi connectivity index (χ2n) is 6.49. The lowest BCUT2D eigenvalue weighted by molar-refractivity contribution is -0.118. The minimum atomic E-state index is -0.366. The van der Waals surface area contributed by atoms with Crippen LogP contribution in [0.3, 0.4) is 0 Å². The van der Waals surface area contributed by atoms with Gasteiger partial charge in [-0.2, -0.15) is 0 Å². The van der Waals surface area contributed by atoms with E-state index < -0.39 is 0 Å². The van der Waals surface area contributed by atoms with E-state index in [-0.39, 0.29) is 24.3 Å². The Morgan fingerprint density at radius 2 is 2.08 bits per heavy atom. The van der Waals surface area contributed by atoms with Crippen LogP contribution >= 0.6 is 11.8 Å². The molecule has 2 N–H and O–H groups in total. The fraction of sp³-hybridized carbons (Fsp3) is 0.444. The second kappa shape index (κ2) is 7.90. The van der Waals surface area contributed by atoms with E-state index in [4.69, 9.17) is 5.73 Å². The average molecular weight is 373 g/mol. The van der Waals surface area contributed by atoms with Crippen molar-refractivity contribution in [2.75, 3.05) is 10.7 Å². The summed E-state index contributed by atoms with van der Waals surface area (Å²) in [6.45, 7) is 2.09. The quantitative estimate of drug-likeness (QED) is 0.778. The van der Waals surface area contributed by atoms with Gasteiger partial charge in [-0.3, -0.25) is 9.59 Å². The Kier molecular flexibility index (Phi) is 5.61. The van der Waals surface area contributed by atoms with Gasteiger partial charge >= 0.3 is 0 Å². The third kappa shape index (κ3) is 3.90. The standard InChI is InChI=1S/C18H23N5O2S/c1-12-7-8-13-5-3-4-6-14(13)23(12)17(25)11-26-18-21-20-16(22(18)2)10-9-15(19)24/h3-6,12H,7-11H2,1-2H3,(H2,19,24)/t12-/m0/s1. The first kappa shape index (κ1) is 18.4. The zero-order valence-corrected chi connectivity index (χ0v) is 15.8. The number of hydrogen-bond acceptors (Lipinski definition) is 5. The number of aryl methyl sites for hydroxylation is 2. The van der Waals surface area contributed by atoms with Gasteiger partial charge in [0.15, 0.2) is 5.16 Å². The van der Waals surface area contributed by atoms with Gasteiger partial charge in [0, 0.05) is 31.6 Å². The lowest BCUT2D eigenvalue weighted by Gasteiger charge is -2.35. The Balaban J connectivity index is 1.67. The molecule has 0 spiro atoms. The number of anilines is 1. The second-order valence-corrected chi connectivity index (χ2v) is 7.44. The number of nitrogens with two attached hydrogens (primary N) is 1. The normalized spacial score (nSPS) is 16.4. The highest BCUT2D eigenvalue weighted by atomic mass is 32.2. The highest BCUT2D eigenvalue weighted by molar-refractivity contribution is 7.99. The fourth-order valence-electron chi connectivity index (χ4n) is 3.19. The van der Waals surface area contributed by atoms with Gasteiger partial charge in [-0.25, -0.2) is 0 Å². The molecular weight excluding hydrogens is 350 g/mol. The lowest BCUT2D eigenvalue weighted by atomic mass is 9.97. The van der Waals surface area contributed by atoms with Crippen LogP contribution in [0.5, 0.6) is 0 Å². The van der Waals surface area contributed by atoms with Crippen LogP contribution in [0.25, 0.3) is 0 Å². The molecule has 7 nitrogen and oxygen atoms in total. The van der Waals surface area contributed by atoms with Gasteiger partial charge in [-0.15, -0.1) is 10.2 Å². The maximum Gasteiger partial charge on any atom is 0.237 e. The Bertz CT molecular complexity index is 820. The predicted molar refractivity (Wildman–Crippen MR) is 101 cm³/mol. The van der Waals surface area contributed by atoms with E-state index in [1.807, 2.05) is 34.7 Å². The summed E-state index contributed by atoms with van der Waals surface area (Å²) in [4.78, 5) is 25.7. The molecule has 1 aliphatic rings. The Labute approximate surface area is 157 Å². The molecule has 138 valence electrons. The van der Waals surface area contributed by atoms with Crippen molar-refractivity contribution in [1.29, 1.82) is 0 Å². The van der Waals surface area contributed by atoms with E-state index in [9.17, 15) is 9.59 Å². The molecule has 1 atom stereocenters. The Morgan fingerprint density at radius 1 is 1.31 bits per heavy atom. The van der Waals surface area contributed by atoms with Crippen molar-refractivity contribution in [3.8, 4) is 0 Å². The van der Waals surface area contributed by atoms with Crippen molar-refractivity contribution >= 4 is 29.3 Å². The van der Waals surface area contributed by atoms with Crippen LogP contribution in [0.15, 0.2) is 29.4 Å². The van der Waals surface area contributed by atoms with E-state index >= 15 is 0 Å². The van der Waals surface area contributed by atoms with Crippen LogP contribution in [-0.4, -0.2) is 38.4 Å². The Morgan fingerprint density at radius 3 is 2.85 bits per heavy atom. The number of hydrogen-bond donors (Lipinski definition) is 1. The molecule has 1 aliphatic heterocycles. The summed E-state index contributed by atoms with van der Waals surface area (Å²) in [6.07, 6.45) is 2.65. The molecular formula is C18H23N5O2S. The van der Waals surface area contributed by atoms with Crippen LogP contribution < -0.4 is 10.6 Å². The number of carbonyl (C=O) groups is 2. The van der Waals surface area contributed by atoms with Crippen LogP contribution in [0.1, 0.15) is 31.2 Å². The van der Waals surface area contributed by atoms with E-state index in [1.165, 1.54) is 17.3 Å². The summed E-state index contributed by atoms with van der Waals surface area (Å²) in [7, 11) is 1.84. The molecule has 0 aliphatic carbocycles. The average Bonchev–Trinajstić information content (AvgIpc) is 2.97. The number of primary amides is 1. The van der Waals surface area contributed by atoms with Gasteiger partial charge in [-0.1, -0.05) is 30.0 Å². The smallest absolute Gasteiger partial charge is 0.237 e. The topological polar surface area (TPSA) is 94.1 Å². The molecule has 0 saturated heterocycles. The zero-order valence-electron chi connectivity index (χ0n) is 15.0. The van der Waals surface area contributed by atoms with Crippen molar-refractivity contribution in [3.63, 3.8) is 0 Å². The third-order valence-corrected chi connectivity index (χ3v) is 5.64. The van der Waals surface area contributed by atoms with Crippen molar-refractivity contribution in [3.05, 3.63) is 35.7 Å². The monoisotopic (exact) mass is 373 g/mol. The number of fused-ring (bicyclic) bond motifs is 1. The molecule has 2 amide bonds. The van der Waals surface area contributed by atoms with Crippen molar-refractivity contribution in [2.24, 2.45) is 12.8 Å². The number of benzene rings is 1. The largest absolute Gasteiger partial charge is 0.370 e. The van der Waals surface area contributed by atoms with Crippen molar-refractivity contribution < 1.29 is 9.59 Å². The highest BCUT2D eigenvalue weighted by Crippen LogP contribution is 2.31. The van der Waals surface area contributed by atoms with Gasteiger partial charge in [0.2, 0.25) is 11.8 Å². The lowest BCUT2D eigenvalue weighted by Crippen LogP contribution is -2.43. The SMILES string of the molecule is C[C@H]1CCc2ccccc2N1C(=O)CSc1nnc(CCC(N)=O)n1C. The zero-order chi connectivity index (χ0) is 18.7. The third-order valence-electron chi connectivity index (χ3n) is 4.64. The summed E-state index contributed by atoms with van der Waals surface area (Å²) in [6, 6.07) is 8.26. The number of rotatable bonds is 6. The van der Waals surface area contributed by atoms with Crippen molar-refractivity contribution in [1.82, 2.24) is 14.8 Å².